The van der Waals surface area contributed by atoms with Crippen LogP contribution in [0.4, 0.5) is 4.79 Å². The molecule has 0 aliphatic heterocycles. The fourth-order valence-corrected chi connectivity index (χ4v) is 3.63. The highest BCUT2D eigenvalue weighted by molar-refractivity contribution is 5.67. The summed E-state index contributed by atoms with van der Waals surface area (Å²) < 4.78 is 5.34. The Labute approximate surface area is 143 Å². The normalized spacial score (nSPS) is 26.6. The molecule has 1 aliphatic rings. The molecule has 1 amide bonds. The molecular formula is C19H38N2O2. The van der Waals surface area contributed by atoms with Crippen molar-refractivity contribution in [1.82, 2.24) is 10.6 Å². The Bertz CT molecular complexity index is 342. The summed E-state index contributed by atoms with van der Waals surface area (Å²) in [5.41, 5.74) is -0.440. The van der Waals surface area contributed by atoms with Crippen molar-refractivity contribution in [3.8, 4) is 0 Å². The summed E-state index contributed by atoms with van der Waals surface area (Å²) in [6.07, 6.45) is 7.00. The summed E-state index contributed by atoms with van der Waals surface area (Å²) in [4.78, 5) is 11.9. The number of hydrogen-bond acceptors (Lipinski definition) is 3. The number of rotatable bonds is 7. The van der Waals surface area contributed by atoms with Gasteiger partial charge in [-0.25, -0.2) is 4.79 Å². The summed E-state index contributed by atoms with van der Waals surface area (Å²) in [5, 5.41) is 6.74. The number of nitrogens with one attached hydrogen (secondary N) is 2. The van der Waals surface area contributed by atoms with Crippen molar-refractivity contribution >= 4 is 6.09 Å². The Kier molecular flexibility index (Phi) is 8.38. The van der Waals surface area contributed by atoms with Crippen molar-refractivity contribution in [2.45, 2.75) is 97.8 Å². The van der Waals surface area contributed by atoms with Crippen molar-refractivity contribution < 1.29 is 9.53 Å². The van der Waals surface area contributed by atoms with E-state index in [9.17, 15) is 4.79 Å². The first-order chi connectivity index (χ1) is 10.7. The highest BCUT2D eigenvalue weighted by Gasteiger charge is 2.26. The van der Waals surface area contributed by atoms with Gasteiger partial charge >= 0.3 is 6.09 Å². The topological polar surface area (TPSA) is 50.4 Å². The van der Waals surface area contributed by atoms with Gasteiger partial charge in [-0.05, 0) is 58.3 Å². The van der Waals surface area contributed by atoms with E-state index in [0.29, 0.717) is 18.6 Å². The van der Waals surface area contributed by atoms with Crippen LogP contribution in [0.1, 0.15) is 80.1 Å². The number of carbonyl (C=O) groups is 1. The van der Waals surface area contributed by atoms with Crippen LogP contribution in [0.15, 0.2) is 0 Å². The molecule has 0 radical (unpaired) electrons. The molecule has 0 heterocycles. The van der Waals surface area contributed by atoms with E-state index in [1.54, 1.807) is 0 Å². The molecule has 1 rings (SSSR count). The first-order valence-corrected chi connectivity index (χ1v) is 9.42. The molecule has 0 saturated heterocycles. The molecule has 2 N–H and O–H groups in total. The maximum Gasteiger partial charge on any atom is 0.407 e. The van der Waals surface area contributed by atoms with Gasteiger partial charge in [-0.2, -0.15) is 0 Å². The molecule has 136 valence electrons. The van der Waals surface area contributed by atoms with Gasteiger partial charge in [0.1, 0.15) is 5.60 Å². The van der Waals surface area contributed by atoms with Gasteiger partial charge in [-0.3, -0.25) is 0 Å². The lowest BCUT2D eigenvalue weighted by Crippen LogP contribution is -2.48. The zero-order chi connectivity index (χ0) is 17.5. The lowest BCUT2D eigenvalue weighted by atomic mass is 9.80. The molecule has 0 bridgehead atoms. The van der Waals surface area contributed by atoms with Crippen LogP contribution in [0, 0.1) is 11.8 Å². The average Bonchev–Trinajstić information content (AvgIpc) is 2.38. The second-order valence-corrected chi connectivity index (χ2v) is 8.50. The van der Waals surface area contributed by atoms with Crippen LogP contribution in [0.2, 0.25) is 0 Å². The molecule has 0 aromatic rings. The summed E-state index contributed by atoms with van der Waals surface area (Å²) in [6, 6.07) is 0.918. The molecule has 1 fully saturated rings. The lowest BCUT2D eigenvalue weighted by Gasteiger charge is -2.35. The molecule has 1 aliphatic carbocycles. The minimum absolute atomic E-state index is 0.314. The van der Waals surface area contributed by atoms with E-state index in [4.69, 9.17) is 4.74 Å². The molecule has 1 saturated carbocycles. The predicted molar refractivity (Wildman–Crippen MR) is 96.7 cm³/mol. The van der Waals surface area contributed by atoms with Crippen molar-refractivity contribution in [2.24, 2.45) is 11.8 Å². The molecule has 23 heavy (non-hydrogen) atoms. The van der Waals surface area contributed by atoms with Crippen LogP contribution in [-0.4, -0.2) is 30.3 Å². The third-order valence-electron chi connectivity index (χ3n) is 4.45. The van der Waals surface area contributed by atoms with Crippen molar-refractivity contribution in [2.75, 3.05) is 6.54 Å². The monoisotopic (exact) mass is 326 g/mol. The van der Waals surface area contributed by atoms with Gasteiger partial charge in [0.15, 0.2) is 0 Å². The van der Waals surface area contributed by atoms with Crippen LogP contribution in [-0.2, 0) is 4.74 Å². The first-order valence-electron chi connectivity index (χ1n) is 9.42. The molecule has 4 nitrogen and oxygen atoms in total. The SMILES string of the molecule is CCCCC(CNC(=O)OC(C)(C)C)NC1CC(C)CC(C)C1. The number of amides is 1. The van der Waals surface area contributed by atoms with Gasteiger partial charge in [0.25, 0.3) is 0 Å². The largest absolute Gasteiger partial charge is 0.444 e. The van der Waals surface area contributed by atoms with Gasteiger partial charge in [0.05, 0.1) is 0 Å². The van der Waals surface area contributed by atoms with E-state index < -0.39 is 5.60 Å². The summed E-state index contributed by atoms with van der Waals surface area (Å²) >= 11 is 0. The van der Waals surface area contributed by atoms with E-state index in [-0.39, 0.29) is 6.09 Å². The predicted octanol–water partition coefficient (Wildman–Crippen LogP) is 4.48. The van der Waals surface area contributed by atoms with Gasteiger partial charge in [0, 0.05) is 18.6 Å². The van der Waals surface area contributed by atoms with Crippen molar-refractivity contribution in [3.05, 3.63) is 0 Å². The Morgan fingerprint density at radius 2 is 1.78 bits per heavy atom. The summed E-state index contributed by atoms with van der Waals surface area (Å²) in [5.74, 6) is 1.59. The average molecular weight is 327 g/mol. The first kappa shape index (κ1) is 20.3. The van der Waals surface area contributed by atoms with E-state index in [1.807, 2.05) is 20.8 Å². The number of ether oxygens (including phenoxy) is 1. The third kappa shape index (κ3) is 9.19. The smallest absolute Gasteiger partial charge is 0.407 e. The number of unbranched alkanes of at least 4 members (excludes halogenated alkanes) is 1. The molecule has 0 aromatic carbocycles. The second-order valence-electron chi connectivity index (χ2n) is 8.50. The second kappa shape index (κ2) is 9.51. The van der Waals surface area contributed by atoms with Gasteiger partial charge in [-0.1, -0.05) is 33.6 Å². The molecule has 0 spiro atoms. The molecule has 0 aromatic heterocycles. The zero-order valence-corrected chi connectivity index (χ0v) is 16.1. The molecule has 4 heteroatoms. The number of hydrogen-bond donors (Lipinski definition) is 2. The van der Waals surface area contributed by atoms with Crippen molar-refractivity contribution in [3.63, 3.8) is 0 Å². The Balaban J connectivity index is 2.46. The van der Waals surface area contributed by atoms with E-state index in [2.05, 4.69) is 31.4 Å². The van der Waals surface area contributed by atoms with Crippen LogP contribution >= 0.6 is 0 Å². The minimum atomic E-state index is -0.440. The highest BCUT2D eigenvalue weighted by Crippen LogP contribution is 2.28. The van der Waals surface area contributed by atoms with E-state index >= 15 is 0 Å². The lowest BCUT2D eigenvalue weighted by molar-refractivity contribution is 0.0519. The Hall–Kier alpha value is -0.770. The van der Waals surface area contributed by atoms with Crippen LogP contribution < -0.4 is 10.6 Å². The zero-order valence-electron chi connectivity index (χ0n) is 16.1. The maximum atomic E-state index is 11.9. The van der Waals surface area contributed by atoms with Gasteiger partial charge in [-0.15, -0.1) is 0 Å². The summed E-state index contributed by atoms with van der Waals surface area (Å²) in [7, 11) is 0. The van der Waals surface area contributed by atoms with Crippen LogP contribution in [0.25, 0.3) is 0 Å². The van der Waals surface area contributed by atoms with Gasteiger partial charge < -0.3 is 15.4 Å². The third-order valence-corrected chi connectivity index (χ3v) is 4.45. The quantitative estimate of drug-likeness (QED) is 0.725. The van der Waals surface area contributed by atoms with E-state index in [0.717, 1.165) is 18.3 Å². The Morgan fingerprint density at radius 1 is 1.17 bits per heavy atom. The maximum absolute atomic E-state index is 11.9. The van der Waals surface area contributed by atoms with Crippen LogP contribution in [0.3, 0.4) is 0 Å². The number of carbonyl (C=O) groups excluding carboxylic acids is 1. The molecule has 3 atom stereocenters. The van der Waals surface area contributed by atoms with Gasteiger partial charge in [0.2, 0.25) is 0 Å². The minimum Gasteiger partial charge on any atom is -0.444 e. The summed E-state index contributed by atoms with van der Waals surface area (Å²) in [6.45, 7) is 13.2. The Morgan fingerprint density at radius 3 is 2.30 bits per heavy atom. The highest BCUT2D eigenvalue weighted by atomic mass is 16.6. The number of alkyl carbamates (subject to hydrolysis) is 1. The standard InChI is InChI=1S/C19H38N2O2/c1-7-8-9-16(13-20-18(22)23-19(4,5)6)21-17-11-14(2)10-15(3)12-17/h14-17,21H,7-13H2,1-6H3,(H,20,22). The molecular weight excluding hydrogens is 288 g/mol. The fraction of sp³-hybridized carbons (Fsp3) is 0.947. The van der Waals surface area contributed by atoms with Crippen LogP contribution in [0.5, 0.6) is 0 Å². The van der Waals surface area contributed by atoms with Crippen molar-refractivity contribution in [1.29, 1.82) is 0 Å². The molecule has 3 unspecified atom stereocenters. The van der Waals surface area contributed by atoms with E-state index in [1.165, 1.54) is 32.1 Å². The fourth-order valence-electron chi connectivity index (χ4n) is 3.63.